The predicted octanol–water partition coefficient (Wildman–Crippen LogP) is 12.6. The van der Waals surface area contributed by atoms with E-state index >= 15 is 0 Å². The van der Waals surface area contributed by atoms with Crippen molar-refractivity contribution in [3.8, 4) is 0 Å². The lowest BCUT2D eigenvalue weighted by atomic mass is 10.0. The van der Waals surface area contributed by atoms with Gasteiger partial charge in [0.25, 0.3) is 0 Å². The number of phosphoric ester groups is 1. The molecule has 0 saturated heterocycles. The highest BCUT2D eigenvalue weighted by atomic mass is 31.2. The molecule has 0 aromatic heterocycles. The van der Waals surface area contributed by atoms with Crippen LogP contribution in [0, 0.1) is 0 Å². The van der Waals surface area contributed by atoms with Crippen molar-refractivity contribution >= 4 is 13.7 Å². The Kier molecular flexibility index (Phi) is 39.9. The quantitative estimate of drug-likeness (QED) is 0.0276. The van der Waals surface area contributed by atoms with Gasteiger partial charge in [-0.15, -0.1) is 0 Å². The summed E-state index contributed by atoms with van der Waals surface area (Å²) in [6.45, 7) is 4.19. The van der Waals surface area contributed by atoms with Crippen molar-refractivity contribution in [3.63, 3.8) is 0 Å². The SMILES string of the molecule is CCCCC/C=C\C/C=C\CCCCCCCC(=O)NC(COP(=O)(O)OCCN)C(O)CCCCCCCCCCCCCCCCCCCCC. The fraction of sp³-hybridized carbons (Fsp3) is 0.886. The van der Waals surface area contributed by atoms with Crippen molar-refractivity contribution in [2.75, 3.05) is 19.8 Å². The summed E-state index contributed by atoms with van der Waals surface area (Å²) in [4.78, 5) is 22.7. The number of amides is 1. The zero-order chi connectivity index (χ0) is 38.9. The van der Waals surface area contributed by atoms with E-state index in [4.69, 9.17) is 14.8 Å². The second-order valence-electron chi connectivity index (χ2n) is 15.3. The number of carbonyl (C=O) groups excluding carboxylic acids is 1. The monoisotopic (exact) mass is 771 g/mol. The lowest BCUT2D eigenvalue weighted by molar-refractivity contribution is -0.123. The van der Waals surface area contributed by atoms with E-state index in [9.17, 15) is 19.4 Å². The topological polar surface area (TPSA) is 131 Å². The molecule has 0 radical (unpaired) electrons. The molecule has 3 atom stereocenters. The summed E-state index contributed by atoms with van der Waals surface area (Å²) in [6.07, 6.45) is 46.1. The van der Waals surface area contributed by atoms with Crippen LogP contribution < -0.4 is 11.1 Å². The number of carbonyl (C=O) groups is 1. The Balaban J connectivity index is 4.14. The van der Waals surface area contributed by atoms with Gasteiger partial charge >= 0.3 is 7.82 Å². The van der Waals surface area contributed by atoms with Gasteiger partial charge in [0.2, 0.25) is 5.91 Å². The minimum absolute atomic E-state index is 0.0870. The standard InChI is InChI=1S/C44H87N2O6P/c1-3-5-7-9-11-13-15-17-19-20-21-22-24-25-27-29-31-33-35-37-43(47)42(41-52-53(49,50)51-40-39-45)46-44(48)38-36-34-32-30-28-26-23-18-16-14-12-10-8-6-4-2/h12,14,18,23,42-43,47H,3-11,13,15-17,19-22,24-41,45H2,1-2H3,(H,46,48)(H,49,50)/b14-12-,23-18-. The summed E-state index contributed by atoms with van der Waals surface area (Å²) < 4.78 is 22.2. The van der Waals surface area contributed by atoms with Crippen LogP contribution in [0.5, 0.6) is 0 Å². The molecule has 0 bridgehead atoms. The second-order valence-corrected chi connectivity index (χ2v) is 16.7. The lowest BCUT2D eigenvalue weighted by Gasteiger charge is -2.25. The number of rotatable bonds is 42. The minimum Gasteiger partial charge on any atom is -0.391 e. The maximum Gasteiger partial charge on any atom is 0.472 e. The van der Waals surface area contributed by atoms with E-state index in [1.165, 1.54) is 128 Å². The van der Waals surface area contributed by atoms with Crippen LogP contribution in [0.4, 0.5) is 0 Å². The van der Waals surface area contributed by atoms with Gasteiger partial charge in [-0.1, -0.05) is 192 Å². The van der Waals surface area contributed by atoms with Crippen molar-refractivity contribution in [2.45, 2.75) is 231 Å². The Hall–Kier alpha value is -1.02. The predicted molar refractivity (Wildman–Crippen MR) is 226 cm³/mol. The molecule has 3 unspecified atom stereocenters. The molecular weight excluding hydrogens is 683 g/mol. The van der Waals surface area contributed by atoms with E-state index < -0.39 is 20.0 Å². The van der Waals surface area contributed by atoms with Crippen LogP contribution in [0.1, 0.15) is 219 Å². The Bertz CT molecular complexity index is 886. The summed E-state index contributed by atoms with van der Waals surface area (Å²) >= 11 is 0. The molecule has 0 aliphatic rings. The Morgan fingerprint density at radius 1 is 0.623 bits per heavy atom. The summed E-state index contributed by atoms with van der Waals surface area (Å²) in [6, 6.07) is -0.780. The first-order chi connectivity index (χ1) is 25.9. The van der Waals surface area contributed by atoms with E-state index in [2.05, 4.69) is 43.5 Å². The van der Waals surface area contributed by atoms with Gasteiger partial charge in [-0.3, -0.25) is 13.8 Å². The number of aliphatic hydroxyl groups is 1. The maximum atomic E-state index is 12.8. The molecule has 0 spiro atoms. The molecule has 0 aliphatic heterocycles. The summed E-state index contributed by atoms with van der Waals surface area (Å²) in [5.41, 5.74) is 5.38. The van der Waals surface area contributed by atoms with Crippen molar-refractivity contribution in [3.05, 3.63) is 24.3 Å². The molecule has 1 amide bonds. The molecule has 5 N–H and O–H groups in total. The third kappa shape index (κ3) is 39.0. The van der Waals surface area contributed by atoms with Gasteiger partial charge in [0.05, 0.1) is 25.4 Å². The Morgan fingerprint density at radius 3 is 1.53 bits per heavy atom. The van der Waals surface area contributed by atoms with Gasteiger partial charge in [-0.05, 0) is 44.9 Å². The highest BCUT2D eigenvalue weighted by Gasteiger charge is 2.27. The smallest absolute Gasteiger partial charge is 0.391 e. The number of hydrogen-bond acceptors (Lipinski definition) is 6. The Labute approximate surface area is 327 Å². The maximum absolute atomic E-state index is 12.8. The number of nitrogens with two attached hydrogens (primary N) is 1. The van der Waals surface area contributed by atoms with Crippen LogP contribution in [-0.4, -0.2) is 47.8 Å². The third-order valence-corrected chi connectivity index (χ3v) is 11.0. The highest BCUT2D eigenvalue weighted by Crippen LogP contribution is 2.43. The van der Waals surface area contributed by atoms with Gasteiger partial charge in [0.1, 0.15) is 0 Å². The van der Waals surface area contributed by atoms with Crippen LogP contribution in [-0.2, 0) is 18.4 Å². The van der Waals surface area contributed by atoms with Crippen LogP contribution in [0.3, 0.4) is 0 Å². The van der Waals surface area contributed by atoms with E-state index in [-0.39, 0.29) is 25.7 Å². The third-order valence-electron chi connectivity index (χ3n) is 10.1. The minimum atomic E-state index is -4.32. The van der Waals surface area contributed by atoms with Gasteiger partial charge in [-0.25, -0.2) is 4.57 Å². The molecule has 0 heterocycles. The van der Waals surface area contributed by atoms with E-state index in [0.717, 1.165) is 64.2 Å². The van der Waals surface area contributed by atoms with E-state index in [0.29, 0.717) is 12.8 Å². The van der Waals surface area contributed by atoms with Crippen LogP contribution in [0.15, 0.2) is 24.3 Å². The molecule has 0 aromatic rings. The summed E-state index contributed by atoms with van der Waals surface area (Å²) in [5.74, 6) is -0.174. The molecule has 53 heavy (non-hydrogen) atoms. The number of hydrogen-bond donors (Lipinski definition) is 4. The molecule has 9 heteroatoms. The highest BCUT2D eigenvalue weighted by molar-refractivity contribution is 7.47. The lowest BCUT2D eigenvalue weighted by Crippen LogP contribution is -2.46. The van der Waals surface area contributed by atoms with Gasteiger partial charge in [0, 0.05) is 13.0 Å². The second kappa shape index (κ2) is 40.6. The Morgan fingerprint density at radius 2 is 1.04 bits per heavy atom. The average molecular weight is 771 g/mol. The van der Waals surface area contributed by atoms with Crippen molar-refractivity contribution in [1.29, 1.82) is 0 Å². The molecular formula is C44H87N2O6P. The average Bonchev–Trinajstić information content (AvgIpc) is 3.14. The number of aliphatic hydroxyl groups excluding tert-OH is 1. The van der Waals surface area contributed by atoms with E-state index in [1.807, 2.05) is 0 Å². The first-order valence-electron chi connectivity index (χ1n) is 22.5. The zero-order valence-electron chi connectivity index (χ0n) is 34.8. The van der Waals surface area contributed by atoms with Crippen molar-refractivity contribution < 1.29 is 28.4 Å². The first-order valence-corrected chi connectivity index (χ1v) is 23.9. The van der Waals surface area contributed by atoms with Gasteiger partial charge < -0.3 is 21.1 Å². The number of unbranched alkanes of at least 4 members (excludes halogenated alkanes) is 26. The molecule has 8 nitrogen and oxygen atoms in total. The number of nitrogens with one attached hydrogen (secondary N) is 1. The largest absolute Gasteiger partial charge is 0.472 e. The molecule has 314 valence electrons. The summed E-state index contributed by atoms with van der Waals surface area (Å²) in [7, 11) is -4.32. The van der Waals surface area contributed by atoms with Crippen LogP contribution in [0.25, 0.3) is 0 Å². The fourth-order valence-electron chi connectivity index (χ4n) is 6.64. The first kappa shape index (κ1) is 52.0. The number of allylic oxidation sites excluding steroid dienone is 4. The van der Waals surface area contributed by atoms with Crippen molar-refractivity contribution in [1.82, 2.24) is 5.32 Å². The van der Waals surface area contributed by atoms with Crippen LogP contribution >= 0.6 is 7.82 Å². The molecule has 0 aliphatic carbocycles. The fourth-order valence-corrected chi connectivity index (χ4v) is 7.40. The number of phosphoric acid groups is 1. The molecule has 0 fully saturated rings. The zero-order valence-corrected chi connectivity index (χ0v) is 35.7. The van der Waals surface area contributed by atoms with Gasteiger partial charge in [-0.2, -0.15) is 0 Å². The van der Waals surface area contributed by atoms with Crippen LogP contribution in [0.2, 0.25) is 0 Å². The van der Waals surface area contributed by atoms with Crippen molar-refractivity contribution in [2.24, 2.45) is 5.73 Å². The molecule has 0 saturated carbocycles. The molecule has 0 rings (SSSR count). The van der Waals surface area contributed by atoms with Gasteiger partial charge in [0.15, 0.2) is 0 Å². The summed E-state index contributed by atoms with van der Waals surface area (Å²) in [5, 5.41) is 13.8. The van der Waals surface area contributed by atoms with E-state index in [1.54, 1.807) is 0 Å². The molecule has 0 aromatic carbocycles. The normalized spacial score (nSPS) is 14.3.